The van der Waals surface area contributed by atoms with Crippen molar-refractivity contribution < 1.29 is 13.6 Å². The molecule has 1 aliphatic carbocycles. The second-order valence-corrected chi connectivity index (χ2v) is 9.31. The molecule has 4 aromatic rings. The number of benzene rings is 2. The summed E-state index contributed by atoms with van der Waals surface area (Å²) in [7, 11) is 0. The van der Waals surface area contributed by atoms with Crippen molar-refractivity contribution in [2.45, 2.75) is 46.0 Å². The molecule has 0 spiro atoms. The summed E-state index contributed by atoms with van der Waals surface area (Å²) in [6.45, 7) is 4.07. The van der Waals surface area contributed by atoms with E-state index in [4.69, 9.17) is 0 Å². The van der Waals surface area contributed by atoms with Crippen molar-refractivity contribution in [1.29, 1.82) is 0 Å². The number of imidazole rings is 1. The number of aryl methyl sites for hydroxylation is 4. The van der Waals surface area contributed by atoms with E-state index >= 15 is 0 Å². The predicted octanol–water partition coefficient (Wildman–Crippen LogP) is 6.06. The molecule has 0 saturated carbocycles. The first kappa shape index (κ1) is 21.6. The number of nitrogens with zero attached hydrogens (tertiary/aromatic N) is 3. The molecular weight excluding hydrogens is 440 g/mol. The van der Waals surface area contributed by atoms with E-state index in [1.807, 2.05) is 13.1 Å². The number of halogens is 2. The van der Waals surface area contributed by atoms with E-state index in [2.05, 4.69) is 39.7 Å². The molecule has 5 rings (SSSR count). The minimum Gasteiger partial charge on any atom is -0.303 e. The fourth-order valence-electron chi connectivity index (χ4n) is 4.40. The third-order valence-corrected chi connectivity index (χ3v) is 7.20. The second kappa shape index (κ2) is 8.63. The maximum Gasteiger partial charge on any atom is 0.195 e. The van der Waals surface area contributed by atoms with Crippen LogP contribution in [0.2, 0.25) is 0 Å². The Kier molecular flexibility index (Phi) is 5.66. The summed E-state index contributed by atoms with van der Waals surface area (Å²) in [4.78, 5) is 23.1. The number of carbonyl (C=O) groups excluding carboxylic acids is 1. The van der Waals surface area contributed by atoms with E-state index in [0.717, 1.165) is 59.0 Å². The molecule has 0 radical (unpaired) electrons. The van der Waals surface area contributed by atoms with Crippen LogP contribution >= 0.6 is 11.3 Å². The summed E-state index contributed by atoms with van der Waals surface area (Å²) in [5, 5.41) is 0.300. The first-order valence-corrected chi connectivity index (χ1v) is 11.9. The Balaban J connectivity index is 1.54. The first-order chi connectivity index (χ1) is 15.9. The topological polar surface area (TPSA) is 47.8 Å². The van der Waals surface area contributed by atoms with Crippen molar-refractivity contribution in [3.63, 3.8) is 0 Å². The van der Waals surface area contributed by atoms with Gasteiger partial charge >= 0.3 is 0 Å². The van der Waals surface area contributed by atoms with Crippen LogP contribution in [0, 0.1) is 18.6 Å². The van der Waals surface area contributed by atoms with E-state index in [9.17, 15) is 13.6 Å². The summed E-state index contributed by atoms with van der Waals surface area (Å²) < 4.78 is 30.2. The molecule has 4 nitrogen and oxygen atoms in total. The first-order valence-electron chi connectivity index (χ1n) is 11.1. The summed E-state index contributed by atoms with van der Waals surface area (Å²) in [5.41, 5.74) is 4.95. The molecule has 0 bridgehead atoms. The molecule has 0 saturated heterocycles. The van der Waals surface area contributed by atoms with Crippen LogP contribution in [0.3, 0.4) is 0 Å². The Bertz CT molecular complexity index is 1350. The molecule has 0 atom stereocenters. The molecule has 33 heavy (non-hydrogen) atoms. The normalized spacial score (nSPS) is 12.8. The average Bonchev–Trinajstić information content (AvgIpc) is 3.35. The second-order valence-electron chi connectivity index (χ2n) is 8.31. The van der Waals surface area contributed by atoms with Crippen LogP contribution in [0.5, 0.6) is 0 Å². The number of rotatable bonds is 5. The minimum absolute atomic E-state index is 0.210. The molecule has 168 valence electrons. The fraction of sp³-hybridized carbons (Fsp3) is 0.269. The zero-order valence-corrected chi connectivity index (χ0v) is 19.3. The van der Waals surface area contributed by atoms with Crippen LogP contribution in [0.1, 0.15) is 51.5 Å². The van der Waals surface area contributed by atoms with Gasteiger partial charge in [-0.1, -0.05) is 19.1 Å². The largest absolute Gasteiger partial charge is 0.303 e. The zero-order valence-electron chi connectivity index (χ0n) is 18.5. The number of ketones is 1. The van der Waals surface area contributed by atoms with Crippen LogP contribution in [0.25, 0.3) is 16.1 Å². The molecule has 2 heterocycles. The number of carbonyl (C=O) groups is 1. The van der Waals surface area contributed by atoms with Gasteiger partial charge in [0.15, 0.2) is 10.8 Å². The van der Waals surface area contributed by atoms with Gasteiger partial charge in [-0.25, -0.2) is 18.7 Å². The summed E-state index contributed by atoms with van der Waals surface area (Å²) >= 11 is 1.32. The Hall–Kier alpha value is -3.19. The van der Waals surface area contributed by atoms with Crippen molar-refractivity contribution in [3.8, 4) is 16.1 Å². The molecular formula is C26H23F2N3OS. The van der Waals surface area contributed by atoms with E-state index in [1.165, 1.54) is 35.1 Å². The van der Waals surface area contributed by atoms with Crippen molar-refractivity contribution in [3.05, 3.63) is 87.6 Å². The van der Waals surface area contributed by atoms with Crippen molar-refractivity contribution >= 4 is 17.1 Å². The molecule has 7 heteroatoms. The number of aromatic nitrogens is 3. The summed E-state index contributed by atoms with van der Waals surface area (Å²) in [5.74, 6) is -0.792. The van der Waals surface area contributed by atoms with Crippen LogP contribution in [0.15, 0.2) is 42.6 Å². The predicted molar refractivity (Wildman–Crippen MR) is 125 cm³/mol. The molecule has 0 aliphatic heterocycles. The van der Waals surface area contributed by atoms with Crippen molar-refractivity contribution in [2.24, 2.45) is 0 Å². The van der Waals surface area contributed by atoms with E-state index in [1.54, 1.807) is 0 Å². The molecule has 0 unspecified atom stereocenters. The van der Waals surface area contributed by atoms with Gasteiger partial charge in [0.25, 0.3) is 0 Å². The third-order valence-electron chi connectivity index (χ3n) is 6.03. The van der Waals surface area contributed by atoms with Crippen LogP contribution in [-0.4, -0.2) is 20.3 Å². The number of Topliss-reactive ketones (excluding diaryl/α,β-unsaturated/α-hetero) is 1. The van der Waals surface area contributed by atoms with Crippen molar-refractivity contribution in [1.82, 2.24) is 14.5 Å². The van der Waals surface area contributed by atoms with Crippen LogP contribution in [0.4, 0.5) is 8.78 Å². The maximum absolute atomic E-state index is 14.1. The van der Waals surface area contributed by atoms with Crippen LogP contribution < -0.4 is 0 Å². The Morgan fingerprint density at radius 3 is 2.67 bits per heavy atom. The van der Waals surface area contributed by atoms with Gasteiger partial charge in [0.05, 0.1) is 16.3 Å². The lowest BCUT2D eigenvalue weighted by atomic mass is 10.0. The van der Waals surface area contributed by atoms with E-state index in [0.29, 0.717) is 5.01 Å². The molecule has 1 aliphatic rings. The minimum atomic E-state index is -0.709. The van der Waals surface area contributed by atoms with Gasteiger partial charge in [0.1, 0.15) is 17.5 Å². The lowest BCUT2D eigenvalue weighted by Gasteiger charge is -2.11. The van der Waals surface area contributed by atoms with Crippen molar-refractivity contribution in [2.75, 3.05) is 0 Å². The summed E-state index contributed by atoms with van der Waals surface area (Å²) in [6.07, 6.45) is 5.15. The third kappa shape index (κ3) is 4.02. The Labute approximate surface area is 195 Å². The summed E-state index contributed by atoms with van der Waals surface area (Å²) in [6, 6.07) is 10.0. The monoisotopic (exact) mass is 463 g/mol. The molecule has 0 fully saturated rings. The molecule has 2 aromatic carbocycles. The highest BCUT2D eigenvalue weighted by atomic mass is 32.1. The number of hydrogen-bond acceptors (Lipinski definition) is 4. The highest BCUT2D eigenvalue weighted by Crippen LogP contribution is 2.38. The number of hydrogen-bond donors (Lipinski definition) is 0. The Morgan fingerprint density at radius 1 is 1.12 bits per heavy atom. The lowest BCUT2D eigenvalue weighted by Crippen LogP contribution is -2.07. The highest BCUT2D eigenvalue weighted by Gasteiger charge is 2.24. The van der Waals surface area contributed by atoms with Gasteiger partial charge in [-0.05, 0) is 61.6 Å². The Morgan fingerprint density at radius 2 is 1.91 bits per heavy atom. The van der Waals surface area contributed by atoms with Gasteiger partial charge in [-0.2, -0.15) is 0 Å². The molecule has 0 amide bonds. The van der Waals surface area contributed by atoms with Gasteiger partial charge in [0.2, 0.25) is 0 Å². The quantitative estimate of drug-likeness (QED) is 0.338. The van der Waals surface area contributed by atoms with Gasteiger partial charge in [-0.3, -0.25) is 4.79 Å². The number of thiazole rings is 1. The van der Waals surface area contributed by atoms with Gasteiger partial charge in [0, 0.05) is 30.3 Å². The SMILES string of the molecule is CCc1nc(C)cn1-c1ccc2c(c1)-c1sc(C(=O)Cc3c(F)cccc3F)nc1CCC2. The van der Waals surface area contributed by atoms with E-state index in [-0.39, 0.29) is 17.8 Å². The maximum atomic E-state index is 14.1. The van der Waals surface area contributed by atoms with Gasteiger partial charge < -0.3 is 4.57 Å². The average molecular weight is 464 g/mol. The lowest BCUT2D eigenvalue weighted by molar-refractivity contribution is 0.0990. The fourth-order valence-corrected chi connectivity index (χ4v) is 5.50. The number of fused-ring (bicyclic) bond motifs is 3. The highest BCUT2D eigenvalue weighted by molar-refractivity contribution is 7.17. The van der Waals surface area contributed by atoms with Crippen LogP contribution in [-0.2, 0) is 25.7 Å². The van der Waals surface area contributed by atoms with E-state index < -0.39 is 11.6 Å². The molecule has 0 N–H and O–H groups in total. The zero-order chi connectivity index (χ0) is 23.1. The van der Waals surface area contributed by atoms with Gasteiger partial charge in [-0.15, -0.1) is 11.3 Å². The molecule has 2 aromatic heterocycles. The smallest absolute Gasteiger partial charge is 0.195 e. The standard InChI is InChI=1S/C26H23F2N3OS/c1-3-24-29-15(2)14-31(24)17-11-10-16-6-4-9-22-25(18(16)12-17)33-26(30-22)23(32)13-19-20(27)7-5-8-21(19)28/h5,7-8,10-12,14H,3-4,6,9,13H2,1-2H3.